The molecule has 0 bridgehead atoms. The fourth-order valence-electron chi connectivity index (χ4n) is 2.53. The molecule has 3 rings (SSSR count). The van der Waals surface area contributed by atoms with Gasteiger partial charge < -0.3 is 5.32 Å². The molecule has 96 valence electrons. The summed E-state index contributed by atoms with van der Waals surface area (Å²) < 4.78 is 2.10. The molecule has 0 spiro atoms. The smallest absolute Gasteiger partial charge is 0.228 e. The van der Waals surface area contributed by atoms with Crippen LogP contribution in [0.3, 0.4) is 0 Å². The van der Waals surface area contributed by atoms with E-state index in [1.54, 1.807) is 0 Å². The van der Waals surface area contributed by atoms with E-state index in [0.717, 1.165) is 13.7 Å². The summed E-state index contributed by atoms with van der Waals surface area (Å²) >= 11 is 5.76. The average Bonchev–Trinajstić information content (AvgIpc) is 3.17. The van der Waals surface area contributed by atoms with Crippen molar-refractivity contribution in [1.29, 1.82) is 0 Å². The van der Waals surface area contributed by atoms with Crippen molar-refractivity contribution in [3.8, 4) is 0 Å². The zero-order valence-corrected chi connectivity index (χ0v) is 13.7. The van der Waals surface area contributed by atoms with Crippen molar-refractivity contribution in [1.82, 2.24) is 0 Å². The molecule has 2 nitrogen and oxygen atoms in total. The number of amides is 1. The van der Waals surface area contributed by atoms with Crippen LogP contribution in [0.15, 0.2) is 22.7 Å². The molecular weight excluding hydrogens is 405 g/mol. The summed E-state index contributed by atoms with van der Waals surface area (Å²) in [6.07, 6.45) is 4.95. The maximum atomic E-state index is 12.4. The van der Waals surface area contributed by atoms with Gasteiger partial charge in [0, 0.05) is 14.0 Å². The minimum Gasteiger partial charge on any atom is -0.325 e. The first-order valence-corrected chi connectivity index (χ1v) is 8.28. The van der Waals surface area contributed by atoms with Gasteiger partial charge in [0.25, 0.3) is 0 Å². The molecule has 2 aliphatic rings. The van der Waals surface area contributed by atoms with Crippen LogP contribution in [-0.2, 0) is 4.79 Å². The molecule has 0 unspecified atom stereocenters. The van der Waals surface area contributed by atoms with Crippen LogP contribution in [0.1, 0.15) is 25.7 Å². The van der Waals surface area contributed by atoms with Gasteiger partial charge in [-0.05, 0) is 94.2 Å². The van der Waals surface area contributed by atoms with E-state index in [2.05, 4.69) is 43.8 Å². The first-order valence-electron chi connectivity index (χ1n) is 6.41. The van der Waals surface area contributed by atoms with E-state index in [4.69, 9.17) is 0 Å². The van der Waals surface area contributed by atoms with Gasteiger partial charge in [0.05, 0.1) is 5.69 Å². The minimum absolute atomic E-state index is 0.225. The summed E-state index contributed by atoms with van der Waals surface area (Å²) in [4.78, 5) is 12.4. The normalized spacial score (nSPS) is 19.1. The fraction of sp³-hybridized carbons (Fsp3) is 0.500. The van der Waals surface area contributed by atoms with Crippen molar-refractivity contribution in [2.45, 2.75) is 25.7 Å². The van der Waals surface area contributed by atoms with Gasteiger partial charge >= 0.3 is 0 Å². The standard InChI is InChI=1S/C14H15BrINO/c15-11-6-5-10(16)7-12(11)17-14(18)13(8-1-2-8)9-3-4-9/h5-9,13H,1-4H2,(H,17,18). The van der Waals surface area contributed by atoms with Crippen LogP contribution in [0.2, 0.25) is 0 Å². The van der Waals surface area contributed by atoms with Crippen LogP contribution in [0.25, 0.3) is 0 Å². The Balaban J connectivity index is 1.74. The highest BCUT2D eigenvalue weighted by atomic mass is 127. The monoisotopic (exact) mass is 419 g/mol. The van der Waals surface area contributed by atoms with E-state index >= 15 is 0 Å². The lowest BCUT2D eigenvalue weighted by Gasteiger charge is -2.16. The molecule has 0 heterocycles. The Morgan fingerprint density at radius 3 is 2.44 bits per heavy atom. The van der Waals surface area contributed by atoms with E-state index in [1.165, 1.54) is 25.7 Å². The maximum Gasteiger partial charge on any atom is 0.228 e. The summed E-state index contributed by atoms with van der Waals surface area (Å²) in [6.45, 7) is 0. The van der Waals surface area contributed by atoms with Crippen LogP contribution in [-0.4, -0.2) is 5.91 Å². The predicted molar refractivity (Wildman–Crippen MR) is 84.4 cm³/mol. The SMILES string of the molecule is O=C(Nc1cc(I)ccc1Br)C(C1CC1)C1CC1. The number of carbonyl (C=O) groups excluding carboxylic acids is 1. The van der Waals surface area contributed by atoms with Crippen molar-refractivity contribution >= 4 is 50.1 Å². The van der Waals surface area contributed by atoms with E-state index in [-0.39, 0.29) is 11.8 Å². The average molecular weight is 420 g/mol. The Morgan fingerprint density at radius 2 is 1.89 bits per heavy atom. The Labute approximate surface area is 129 Å². The highest BCUT2D eigenvalue weighted by Gasteiger charge is 2.45. The molecule has 1 aromatic rings. The largest absolute Gasteiger partial charge is 0.325 e. The first-order chi connectivity index (χ1) is 8.65. The summed E-state index contributed by atoms with van der Waals surface area (Å²) in [5, 5.41) is 3.10. The molecule has 1 N–H and O–H groups in total. The number of anilines is 1. The predicted octanol–water partition coefficient (Wildman–Crippen LogP) is 4.43. The molecule has 4 heteroatoms. The lowest BCUT2D eigenvalue weighted by molar-refractivity contribution is -0.121. The number of halogens is 2. The molecule has 0 aromatic heterocycles. The second kappa shape index (κ2) is 5.12. The van der Waals surface area contributed by atoms with Crippen LogP contribution >= 0.6 is 38.5 Å². The second-order valence-electron chi connectivity index (χ2n) is 5.31. The van der Waals surface area contributed by atoms with E-state index < -0.39 is 0 Å². The summed E-state index contributed by atoms with van der Waals surface area (Å²) in [5.74, 6) is 1.79. The fourth-order valence-corrected chi connectivity index (χ4v) is 3.37. The first kappa shape index (κ1) is 12.9. The van der Waals surface area contributed by atoms with Gasteiger partial charge in [-0.25, -0.2) is 0 Å². The number of rotatable bonds is 4. The van der Waals surface area contributed by atoms with Gasteiger partial charge in [-0.1, -0.05) is 0 Å². The van der Waals surface area contributed by atoms with Gasteiger partial charge in [0.2, 0.25) is 5.91 Å². The van der Waals surface area contributed by atoms with Gasteiger partial charge in [0.15, 0.2) is 0 Å². The molecular formula is C14H15BrINO. The lowest BCUT2D eigenvalue weighted by Crippen LogP contribution is -2.26. The van der Waals surface area contributed by atoms with Crippen molar-refractivity contribution < 1.29 is 4.79 Å². The topological polar surface area (TPSA) is 29.1 Å². The van der Waals surface area contributed by atoms with Crippen LogP contribution in [0.5, 0.6) is 0 Å². The Morgan fingerprint density at radius 1 is 1.28 bits per heavy atom. The van der Waals surface area contributed by atoms with Gasteiger partial charge in [-0.2, -0.15) is 0 Å². The van der Waals surface area contributed by atoms with Gasteiger partial charge in [-0.15, -0.1) is 0 Å². The van der Waals surface area contributed by atoms with Crippen LogP contribution in [0.4, 0.5) is 5.69 Å². The third-order valence-electron chi connectivity index (χ3n) is 3.75. The van der Waals surface area contributed by atoms with Gasteiger partial charge in [0.1, 0.15) is 0 Å². The number of nitrogens with one attached hydrogen (secondary N) is 1. The maximum absolute atomic E-state index is 12.4. The van der Waals surface area contributed by atoms with Gasteiger partial charge in [-0.3, -0.25) is 4.79 Å². The third-order valence-corrected chi connectivity index (χ3v) is 5.11. The molecule has 1 amide bonds. The molecule has 0 radical (unpaired) electrons. The zero-order chi connectivity index (χ0) is 12.7. The van der Waals surface area contributed by atoms with Crippen molar-refractivity contribution in [3.63, 3.8) is 0 Å². The molecule has 0 atom stereocenters. The molecule has 2 fully saturated rings. The number of carbonyl (C=O) groups is 1. The Hall–Kier alpha value is -0.100. The number of hydrogen-bond acceptors (Lipinski definition) is 1. The molecule has 0 saturated heterocycles. The lowest BCUT2D eigenvalue weighted by atomic mass is 9.97. The molecule has 2 saturated carbocycles. The summed E-state index contributed by atoms with van der Waals surface area (Å²) in [6, 6.07) is 6.03. The highest BCUT2D eigenvalue weighted by molar-refractivity contribution is 14.1. The van der Waals surface area contributed by atoms with Crippen molar-refractivity contribution in [2.24, 2.45) is 17.8 Å². The second-order valence-corrected chi connectivity index (χ2v) is 7.41. The van der Waals surface area contributed by atoms with E-state index in [0.29, 0.717) is 11.8 Å². The van der Waals surface area contributed by atoms with Crippen LogP contribution < -0.4 is 5.32 Å². The molecule has 1 aromatic carbocycles. The van der Waals surface area contributed by atoms with E-state index in [9.17, 15) is 4.79 Å². The van der Waals surface area contributed by atoms with Crippen molar-refractivity contribution in [3.05, 3.63) is 26.2 Å². The summed E-state index contributed by atoms with van der Waals surface area (Å²) in [5.41, 5.74) is 0.901. The molecule has 18 heavy (non-hydrogen) atoms. The molecule has 2 aliphatic carbocycles. The van der Waals surface area contributed by atoms with E-state index in [1.807, 2.05) is 18.2 Å². The minimum atomic E-state index is 0.225. The van der Waals surface area contributed by atoms with Crippen LogP contribution in [0, 0.1) is 21.3 Å². The van der Waals surface area contributed by atoms with Crippen molar-refractivity contribution in [2.75, 3.05) is 5.32 Å². The number of benzene rings is 1. The third kappa shape index (κ3) is 2.90. The number of hydrogen-bond donors (Lipinski definition) is 1. The quantitative estimate of drug-likeness (QED) is 0.718. The zero-order valence-electron chi connectivity index (χ0n) is 9.96. The summed E-state index contributed by atoms with van der Waals surface area (Å²) in [7, 11) is 0. The Bertz CT molecular complexity index is 471. The Kier molecular flexibility index (Phi) is 3.67. The molecule has 0 aliphatic heterocycles. The highest BCUT2D eigenvalue weighted by Crippen LogP contribution is 2.49.